The summed E-state index contributed by atoms with van der Waals surface area (Å²) in [5.74, 6) is 0.351. The van der Waals surface area contributed by atoms with E-state index in [0.29, 0.717) is 5.95 Å². The van der Waals surface area contributed by atoms with Gasteiger partial charge in [-0.2, -0.15) is 0 Å². The molecule has 0 aromatic carbocycles. The molecule has 1 aliphatic heterocycles. The SMILES string of the molecule is CC1(C)Cc2nc(N3CCC(O)CC3)ncc2C(NC(=O)c2cc(=O)[nH][nH]2)C1. The van der Waals surface area contributed by atoms with Gasteiger partial charge in [-0.1, -0.05) is 13.8 Å². The number of nitrogens with one attached hydrogen (secondary N) is 3. The molecule has 4 rings (SSSR count). The van der Waals surface area contributed by atoms with E-state index in [1.807, 2.05) is 6.20 Å². The smallest absolute Gasteiger partial charge is 0.269 e. The Balaban J connectivity index is 1.58. The van der Waals surface area contributed by atoms with E-state index in [1.165, 1.54) is 6.07 Å². The number of aromatic amines is 2. The first-order valence-corrected chi connectivity index (χ1v) is 9.68. The fourth-order valence-electron chi connectivity index (χ4n) is 4.07. The molecule has 2 aliphatic rings. The minimum atomic E-state index is -0.339. The maximum absolute atomic E-state index is 12.5. The van der Waals surface area contributed by atoms with Crippen molar-refractivity contribution in [2.45, 2.75) is 51.7 Å². The lowest BCUT2D eigenvalue weighted by atomic mass is 9.74. The van der Waals surface area contributed by atoms with E-state index in [9.17, 15) is 14.7 Å². The van der Waals surface area contributed by atoms with E-state index in [4.69, 9.17) is 4.98 Å². The molecule has 4 N–H and O–H groups in total. The predicted molar refractivity (Wildman–Crippen MR) is 103 cm³/mol. The number of nitrogens with zero attached hydrogens (tertiary/aromatic N) is 3. The van der Waals surface area contributed by atoms with Crippen LogP contribution < -0.4 is 15.8 Å². The number of anilines is 1. The second-order valence-electron chi connectivity index (χ2n) is 8.53. The second kappa shape index (κ2) is 7.05. The van der Waals surface area contributed by atoms with Gasteiger partial charge in [-0.25, -0.2) is 9.97 Å². The van der Waals surface area contributed by atoms with Crippen LogP contribution in [0.2, 0.25) is 0 Å². The molecule has 3 heterocycles. The Bertz CT molecular complexity index is 926. The van der Waals surface area contributed by atoms with Gasteiger partial charge >= 0.3 is 0 Å². The molecule has 2 aromatic rings. The van der Waals surface area contributed by atoms with Crippen molar-refractivity contribution in [3.63, 3.8) is 0 Å². The van der Waals surface area contributed by atoms with Crippen LogP contribution in [0, 0.1) is 5.41 Å². The van der Waals surface area contributed by atoms with Crippen molar-refractivity contribution in [3.8, 4) is 0 Å². The number of piperidine rings is 1. The number of rotatable bonds is 3. The van der Waals surface area contributed by atoms with E-state index in [0.717, 1.165) is 50.0 Å². The van der Waals surface area contributed by atoms with Gasteiger partial charge in [0.1, 0.15) is 5.69 Å². The van der Waals surface area contributed by atoms with Gasteiger partial charge in [0.25, 0.3) is 11.5 Å². The Hall–Kier alpha value is -2.68. The van der Waals surface area contributed by atoms with Crippen LogP contribution in [0.15, 0.2) is 17.1 Å². The minimum absolute atomic E-state index is 0.0276. The zero-order valence-corrected chi connectivity index (χ0v) is 16.2. The largest absolute Gasteiger partial charge is 0.393 e. The van der Waals surface area contributed by atoms with E-state index < -0.39 is 0 Å². The fourth-order valence-corrected chi connectivity index (χ4v) is 4.07. The summed E-state index contributed by atoms with van der Waals surface area (Å²) in [6.07, 6.45) is 4.58. The van der Waals surface area contributed by atoms with Crippen LogP contribution in [0.5, 0.6) is 0 Å². The Morgan fingerprint density at radius 1 is 1.32 bits per heavy atom. The summed E-state index contributed by atoms with van der Waals surface area (Å²) in [6.45, 7) is 5.80. The predicted octanol–water partition coefficient (Wildman–Crippen LogP) is 0.898. The maximum Gasteiger partial charge on any atom is 0.269 e. The molecule has 1 unspecified atom stereocenters. The summed E-state index contributed by atoms with van der Waals surface area (Å²) in [5.41, 5.74) is 1.71. The topological polar surface area (TPSA) is 127 Å². The van der Waals surface area contributed by atoms with Gasteiger partial charge in [0, 0.05) is 30.9 Å². The van der Waals surface area contributed by atoms with Crippen LogP contribution in [0.1, 0.15) is 60.9 Å². The molecule has 1 fully saturated rings. The summed E-state index contributed by atoms with van der Waals surface area (Å²) < 4.78 is 0. The third-order valence-electron chi connectivity index (χ3n) is 5.56. The summed E-state index contributed by atoms with van der Waals surface area (Å²) in [5, 5.41) is 17.7. The Morgan fingerprint density at radius 2 is 2.07 bits per heavy atom. The molecule has 28 heavy (non-hydrogen) atoms. The summed E-state index contributed by atoms with van der Waals surface area (Å²) in [4.78, 5) is 35.3. The van der Waals surface area contributed by atoms with Gasteiger partial charge in [-0.05, 0) is 31.1 Å². The van der Waals surface area contributed by atoms with Crippen molar-refractivity contribution in [2.24, 2.45) is 5.41 Å². The number of carbonyl (C=O) groups is 1. The molecule has 1 atom stereocenters. The minimum Gasteiger partial charge on any atom is -0.393 e. The summed E-state index contributed by atoms with van der Waals surface area (Å²) >= 11 is 0. The first kappa shape index (κ1) is 18.7. The molecule has 0 bridgehead atoms. The molecule has 1 aliphatic carbocycles. The van der Waals surface area contributed by atoms with E-state index in [1.54, 1.807) is 0 Å². The summed E-state index contributed by atoms with van der Waals surface area (Å²) in [7, 11) is 0. The highest BCUT2D eigenvalue weighted by atomic mass is 16.3. The Morgan fingerprint density at radius 3 is 2.75 bits per heavy atom. The number of hydrogen-bond acceptors (Lipinski definition) is 6. The maximum atomic E-state index is 12.5. The van der Waals surface area contributed by atoms with Crippen molar-refractivity contribution in [1.82, 2.24) is 25.5 Å². The van der Waals surface area contributed by atoms with Gasteiger partial charge in [-0.15, -0.1) is 0 Å². The molecule has 9 heteroatoms. The van der Waals surface area contributed by atoms with Crippen molar-refractivity contribution in [1.29, 1.82) is 0 Å². The van der Waals surface area contributed by atoms with E-state index in [2.05, 4.69) is 39.2 Å². The van der Waals surface area contributed by atoms with Crippen molar-refractivity contribution in [2.75, 3.05) is 18.0 Å². The standard InChI is InChI=1S/C19H26N6O3/c1-19(2)8-14(21-17(28)13-7-16(27)24-23-13)12-10-20-18(22-15(12)9-19)25-5-3-11(26)4-6-25/h7,10-11,14,26H,3-6,8-9H2,1-2H3,(H,21,28)(H2,23,24,27). The number of fused-ring (bicyclic) bond motifs is 1. The number of aliphatic hydroxyl groups excluding tert-OH is 1. The Kier molecular flexibility index (Phi) is 4.70. The first-order chi connectivity index (χ1) is 13.3. The number of aliphatic hydroxyl groups is 1. The molecule has 2 aromatic heterocycles. The first-order valence-electron chi connectivity index (χ1n) is 9.68. The molecule has 0 radical (unpaired) electrons. The van der Waals surface area contributed by atoms with Crippen LogP contribution in [0.25, 0.3) is 0 Å². The average Bonchev–Trinajstić information content (AvgIpc) is 3.07. The van der Waals surface area contributed by atoms with Crippen LogP contribution in [-0.4, -0.2) is 50.4 Å². The van der Waals surface area contributed by atoms with Gasteiger partial charge in [-0.3, -0.25) is 19.8 Å². The highest BCUT2D eigenvalue weighted by molar-refractivity contribution is 5.92. The van der Waals surface area contributed by atoms with Gasteiger partial charge < -0.3 is 15.3 Å². The molecule has 150 valence electrons. The average molecular weight is 386 g/mol. The molecular formula is C19H26N6O3. The highest BCUT2D eigenvalue weighted by Gasteiger charge is 2.35. The number of hydrogen-bond donors (Lipinski definition) is 4. The lowest BCUT2D eigenvalue weighted by molar-refractivity contribution is 0.0914. The summed E-state index contributed by atoms with van der Waals surface area (Å²) in [6, 6.07) is 1.02. The number of H-pyrrole nitrogens is 2. The van der Waals surface area contributed by atoms with Gasteiger partial charge in [0.05, 0.1) is 17.8 Å². The number of carbonyl (C=O) groups excluding carboxylic acids is 1. The Labute approximate surface area is 162 Å². The zero-order chi connectivity index (χ0) is 19.9. The third-order valence-corrected chi connectivity index (χ3v) is 5.56. The van der Waals surface area contributed by atoms with Crippen molar-refractivity contribution < 1.29 is 9.90 Å². The molecule has 9 nitrogen and oxygen atoms in total. The molecule has 1 saturated heterocycles. The van der Waals surface area contributed by atoms with E-state index >= 15 is 0 Å². The van der Waals surface area contributed by atoms with Crippen LogP contribution >= 0.6 is 0 Å². The van der Waals surface area contributed by atoms with Crippen LogP contribution in [0.4, 0.5) is 5.95 Å². The van der Waals surface area contributed by atoms with Gasteiger partial charge in [0.2, 0.25) is 5.95 Å². The molecule has 1 amide bonds. The fraction of sp³-hybridized carbons (Fsp3) is 0.579. The highest BCUT2D eigenvalue weighted by Crippen LogP contribution is 2.40. The van der Waals surface area contributed by atoms with Crippen LogP contribution in [0.3, 0.4) is 0 Å². The monoisotopic (exact) mass is 386 g/mol. The molecule has 0 spiro atoms. The number of amides is 1. The lowest BCUT2D eigenvalue weighted by Gasteiger charge is -2.37. The van der Waals surface area contributed by atoms with Crippen molar-refractivity contribution >= 4 is 11.9 Å². The number of aromatic nitrogens is 4. The molecule has 0 saturated carbocycles. The van der Waals surface area contributed by atoms with E-state index in [-0.39, 0.29) is 34.7 Å². The molecular weight excluding hydrogens is 360 g/mol. The normalized spacial score (nSPS) is 22.0. The van der Waals surface area contributed by atoms with Gasteiger partial charge in [0.15, 0.2) is 0 Å². The second-order valence-corrected chi connectivity index (χ2v) is 8.53. The zero-order valence-electron chi connectivity index (χ0n) is 16.2. The van der Waals surface area contributed by atoms with Crippen LogP contribution in [-0.2, 0) is 6.42 Å². The lowest BCUT2D eigenvalue weighted by Crippen LogP contribution is -2.39. The third kappa shape index (κ3) is 3.80. The quantitative estimate of drug-likeness (QED) is 0.621. The van der Waals surface area contributed by atoms with Crippen molar-refractivity contribution in [3.05, 3.63) is 39.6 Å².